The Labute approximate surface area is 258 Å². The maximum Gasteiger partial charge on any atom is 0.266 e. The Hall–Kier alpha value is -1.52. The lowest BCUT2D eigenvalue weighted by atomic mass is 9.41. The predicted octanol–water partition coefficient (Wildman–Crippen LogP) is 4.92. The van der Waals surface area contributed by atoms with E-state index in [1.54, 1.807) is 24.3 Å². The molecule has 4 saturated carbocycles. The van der Waals surface area contributed by atoms with Gasteiger partial charge in [-0.3, -0.25) is 9.35 Å². The van der Waals surface area contributed by atoms with Crippen LogP contribution in [0.1, 0.15) is 85.5 Å². The van der Waals surface area contributed by atoms with Gasteiger partial charge in [-0.2, -0.15) is 8.42 Å². The summed E-state index contributed by atoms with van der Waals surface area (Å²) in [6.07, 6.45) is 5.56. The lowest BCUT2D eigenvalue weighted by molar-refractivity contribution is -0.228. The number of benzene rings is 1. The minimum atomic E-state index is -4.22. The normalized spacial score (nSPS) is 41.5. The molecule has 5 rings (SSSR count). The first kappa shape index (κ1) is 32.9. The molecule has 1 aromatic carbocycles. The molecule has 0 unspecified atom stereocenters. The molecule has 8 nitrogen and oxygen atoms in total. The summed E-state index contributed by atoms with van der Waals surface area (Å²) in [6, 6.07) is 8.95. The quantitative estimate of drug-likeness (QED) is 0.288. The van der Waals surface area contributed by atoms with Crippen LogP contribution < -0.4 is 4.90 Å². The second kappa shape index (κ2) is 12.3. The molecule has 0 bridgehead atoms. The first-order valence-electron chi connectivity index (χ1n) is 16.6. The maximum absolute atomic E-state index is 13.4. The monoisotopic (exact) mass is 619 g/mol. The van der Waals surface area contributed by atoms with E-state index in [-0.39, 0.29) is 77.2 Å². The van der Waals surface area contributed by atoms with Gasteiger partial charge < -0.3 is 20.2 Å². The maximum atomic E-state index is 13.4. The molecule has 0 aliphatic heterocycles. The van der Waals surface area contributed by atoms with Crippen LogP contribution in [0.4, 0.5) is 5.69 Å². The van der Waals surface area contributed by atoms with E-state index in [0.29, 0.717) is 18.5 Å². The third kappa shape index (κ3) is 5.94. The molecule has 4 aliphatic rings. The van der Waals surface area contributed by atoms with Crippen molar-refractivity contribution in [3.05, 3.63) is 30.3 Å². The Kier molecular flexibility index (Phi) is 9.44. The molecule has 0 heterocycles. The van der Waals surface area contributed by atoms with Gasteiger partial charge in [-0.25, -0.2) is 0 Å². The van der Waals surface area contributed by atoms with Gasteiger partial charge in [0, 0.05) is 18.7 Å². The highest BCUT2D eigenvalue weighted by Crippen LogP contribution is 2.69. The second-order valence-corrected chi connectivity index (χ2v) is 16.4. The summed E-state index contributed by atoms with van der Waals surface area (Å²) in [6.45, 7) is 8.81. The smallest absolute Gasteiger partial charge is 0.266 e. The number of aliphatic hydroxyl groups is 3. The highest BCUT2D eigenvalue weighted by atomic mass is 32.2. The molecule has 0 saturated heterocycles. The fraction of sp³-hybridized carbons (Fsp3) is 0.794. The molecule has 43 heavy (non-hydrogen) atoms. The summed E-state index contributed by atoms with van der Waals surface area (Å²) >= 11 is 0. The van der Waals surface area contributed by atoms with Gasteiger partial charge in [0.15, 0.2) is 0 Å². The van der Waals surface area contributed by atoms with Gasteiger partial charge in [0.25, 0.3) is 10.1 Å². The van der Waals surface area contributed by atoms with Crippen molar-refractivity contribution in [1.29, 1.82) is 0 Å². The number of carbonyl (C=O) groups is 1. The number of nitrogens with zero attached hydrogens (tertiary/aromatic N) is 1. The van der Waals surface area contributed by atoms with Crippen LogP contribution in [0.2, 0.25) is 0 Å². The van der Waals surface area contributed by atoms with Crippen LogP contribution in [-0.4, -0.2) is 64.8 Å². The summed E-state index contributed by atoms with van der Waals surface area (Å²) in [5, 5.41) is 34.4. The van der Waals surface area contributed by atoms with Crippen molar-refractivity contribution < 1.29 is 33.1 Å². The molecule has 9 heteroatoms. The van der Waals surface area contributed by atoms with E-state index in [4.69, 9.17) is 0 Å². The van der Waals surface area contributed by atoms with Crippen molar-refractivity contribution in [1.82, 2.24) is 0 Å². The van der Waals surface area contributed by atoms with Crippen molar-refractivity contribution >= 4 is 21.7 Å². The van der Waals surface area contributed by atoms with Gasteiger partial charge in [0.05, 0.1) is 24.1 Å². The minimum absolute atomic E-state index is 0.00514. The minimum Gasteiger partial charge on any atom is -0.393 e. The average Bonchev–Trinajstić information content (AvgIpc) is 3.32. The Morgan fingerprint density at radius 3 is 2.37 bits per heavy atom. The van der Waals surface area contributed by atoms with Gasteiger partial charge in [0.1, 0.15) is 0 Å². The standard InChI is InChI=1S/C34H53NO7S/c1-5-24-27-19-23(36)15-16-33(27,3)28-20-29(37)34(4)25(12-13-26(34)31(28)32(24)39)21(2)11-14-30(38)35(17-18-43(40,41)42)22-9-7-6-8-10-22/h6-10,21,23-29,31-32,36-37,39H,5,11-20H2,1-4H3,(H,40,41,42)/t21-,23-,24-,25-,26+,27+,28+,29+,31+,32-,33+,34-/m1/s1. The van der Waals surface area contributed by atoms with E-state index >= 15 is 0 Å². The number of hydrogen-bond acceptors (Lipinski definition) is 6. The van der Waals surface area contributed by atoms with Gasteiger partial charge in [0.2, 0.25) is 5.91 Å². The molecule has 4 aliphatic carbocycles. The van der Waals surface area contributed by atoms with Crippen LogP contribution in [0.5, 0.6) is 0 Å². The van der Waals surface area contributed by atoms with Gasteiger partial charge in [-0.05, 0) is 109 Å². The molecular weight excluding hydrogens is 566 g/mol. The van der Waals surface area contributed by atoms with Crippen LogP contribution in [0, 0.1) is 52.3 Å². The first-order valence-corrected chi connectivity index (χ1v) is 18.2. The number of aliphatic hydroxyl groups excluding tert-OH is 3. The number of para-hydroxylation sites is 1. The van der Waals surface area contributed by atoms with Crippen LogP contribution in [0.3, 0.4) is 0 Å². The number of anilines is 1. The van der Waals surface area contributed by atoms with E-state index in [0.717, 1.165) is 38.5 Å². The summed E-state index contributed by atoms with van der Waals surface area (Å²) in [5.41, 5.74) is 0.250. The summed E-state index contributed by atoms with van der Waals surface area (Å²) in [4.78, 5) is 14.9. The van der Waals surface area contributed by atoms with Crippen LogP contribution >= 0.6 is 0 Å². The Bertz CT molecular complexity index is 1240. The van der Waals surface area contributed by atoms with Crippen molar-refractivity contribution in [2.24, 2.45) is 52.3 Å². The molecule has 0 radical (unpaired) electrons. The highest BCUT2D eigenvalue weighted by Gasteiger charge is 2.67. The molecule has 242 valence electrons. The van der Waals surface area contributed by atoms with Crippen molar-refractivity contribution in [3.8, 4) is 0 Å². The molecule has 1 amide bonds. The largest absolute Gasteiger partial charge is 0.393 e. The second-order valence-electron chi connectivity index (χ2n) is 14.9. The zero-order valence-electron chi connectivity index (χ0n) is 26.3. The van der Waals surface area contributed by atoms with Crippen molar-refractivity contribution in [3.63, 3.8) is 0 Å². The van der Waals surface area contributed by atoms with E-state index in [1.165, 1.54) is 4.90 Å². The first-order chi connectivity index (χ1) is 20.2. The van der Waals surface area contributed by atoms with E-state index in [2.05, 4.69) is 27.7 Å². The number of fused-ring (bicyclic) bond motifs is 5. The van der Waals surface area contributed by atoms with Gasteiger partial charge in [-0.1, -0.05) is 52.3 Å². The van der Waals surface area contributed by atoms with Crippen LogP contribution in [0.15, 0.2) is 30.3 Å². The molecule has 12 atom stereocenters. The number of carbonyl (C=O) groups excluding carboxylic acids is 1. The predicted molar refractivity (Wildman–Crippen MR) is 167 cm³/mol. The summed E-state index contributed by atoms with van der Waals surface area (Å²) in [7, 11) is -4.22. The number of rotatable bonds is 9. The summed E-state index contributed by atoms with van der Waals surface area (Å²) in [5.74, 6) is 0.629. The van der Waals surface area contributed by atoms with E-state index in [1.807, 2.05) is 6.07 Å². The Morgan fingerprint density at radius 2 is 1.72 bits per heavy atom. The molecule has 0 aromatic heterocycles. The topological polar surface area (TPSA) is 135 Å². The van der Waals surface area contributed by atoms with Crippen molar-refractivity contribution in [2.45, 2.75) is 104 Å². The van der Waals surface area contributed by atoms with Crippen molar-refractivity contribution in [2.75, 3.05) is 17.2 Å². The fourth-order valence-electron chi connectivity index (χ4n) is 10.8. The Balaban J connectivity index is 1.33. The third-order valence-electron chi connectivity index (χ3n) is 13.0. The third-order valence-corrected chi connectivity index (χ3v) is 13.7. The number of amides is 1. The van der Waals surface area contributed by atoms with E-state index in [9.17, 15) is 33.1 Å². The molecule has 4 fully saturated rings. The zero-order chi connectivity index (χ0) is 31.3. The summed E-state index contributed by atoms with van der Waals surface area (Å²) < 4.78 is 32.3. The molecule has 4 N–H and O–H groups in total. The molecule has 0 spiro atoms. The van der Waals surface area contributed by atoms with Crippen LogP contribution in [0.25, 0.3) is 0 Å². The molecule has 1 aromatic rings. The highest BCUT2D eigenvalue weighted by molar-refractivity contribution is 7.85. The van der Waals surface area contributed by atoms with Crippen LogP contribution in [-0.2, 0) is 14.9 Å². The SMILES string of the molecule is CC[C@H]1[C@@H](O)[C@@H]2[C@H](C[C@H](O)[C@]3(C)[C@@H]([C@H](C)CCC(=O)N(CCS(=O)(=O)O)c4ccccc4)CC[C@@H]23)[C@@]2(C)CC[C@@H](O)C[C@@H]12. The number of hydrogen-bond donors (Lipinski definition) is 4. The van der Waals surface area contributed by atoms with Gasteiger partial charge >= 0.3 is 0 Å². The molecular formula is C34H53NO7S. The fourth-order valence-corrected chi connectivity index (χ4v) is 11.2. The van der Waals surface area contributed by atoms with E-state index < -0.39 is 28.1 Å². The lowest BCUT2D eigenvalue weighted by Crippen LogP contribution is -2.65. The van der Waals surface area contributed by atoms with Gasteiger partial charge in [-0.15, -0.1) is 0 Å². The average molecular weight is 620 g/mol. The zero-order valence-corrected chi connectivity index (χ0v) is 27.1. The lowest BCUT2D eigenvalue weighted by Gasteiger charge is -2.65. The Morgan fingerprint density at radius 1 is 1.02 bits per heavy atom.